The Labute approximate surface area is 288 Å². The van der Waals surface area contributed by atoms with Crippen molar-refractivity contribution in [2.45, 2.75) is 64.3 Å². The van der Waals surface area contributed by atoms with Crippen molar-refractivity contribution in [1.29, 1.82) is 5.26 Å². The molecule has 13 heteroatoms. The molecule has 1 fully saturated rings. The number of anilines is 2. The fourth-order valence-electron chi connectivity index (χ4n) is 6.07. The second kappa shape index (κ2) is 13.3. The third kappa shape index (κ3) is 6.87. The van der Waals surface area contributed by atoms with Gasteiger partial charge in [-0.25, -0.2) is 4.79 Å². The Morgan fingerprint density at radius 1 is 1.00 bits per heavy atom. The first-order chi connectivity index (χ1) is 23.7. The molecule has 2 aliphatic heterocycles. The smallest absolute Gasteiger partial charge is 0.410 e. The number of alkyl halides is 2. The molecule has 1 unspecified atom stereocenters. The summed E-state index contributed by atoms with van der Waals surface area (Å²) in [5, 5.41) is 16.9. The third-order valence-electron chi connectivity index (χ3n) is 8.48. The standard InChI is InChI=1S/C37H36F2N6O5/c1-23-21-44-32(34(47)45(23)28-13-10-26(11-14-28)37(38,39)25-8-6-5-7-9-25)30(20-41-44)33(46)42-27-12-15-31(24(18-27)19-40)49-29-16-17-43(22-29)35(48)50-36(2,3)4/h5-15,18,20,23,29H,16-17,21-22H2,1-4H3,(H,42,46)/t23-,29?/m0/s1. The molecular formula is C37H36F2N6O5. The second-order valence-corrected chi connectivity index (χ2v) is 13.3. The van der Waals surface area contributed by atoms with Crippen molar-refractivity contribution in [2.75, 3.05) is 23.3 Å². The Hall–Kier alpha value is -5.77. The Morgan fingerprint density at radius 3 is 2.38 bits per heavy atom. The lowest BCUT2D eigenvalue weighted by atomic mass is 9.99. The number of likely N-dealkylation sites (tertiary alicyclic amines) is 1. The topological polar surface area (TPSA) is 130 Å². The lowest BCUT2D eigenvalue weighted by Gasteiger charge is -2.34. The molecule has 2 atom stereocenters. The summed E-state index contributed by atoms with van der Waals surface area (Å²) in [4.78, 5) is 42.8. The predicted octanol–water partition coefficient (Wildman–Crippen LogP) is 6.58. The van der Waals surface area contributed by atoms with E-state index in [9.17, 15) is 19.6 Å². The van der Waals surface area contributed by atoms with Crippen LogP contribution in [-0.2, 0) is 17.2 Å². The van der Waals surface area contributed by atoms with Crippen molar-refractivity contribution in [3.63, 3.8) is 0 Å². The van der Waals surface area contributed by atoms with Crippen LogP contribution < -0.4 is 15.0 Å². The molecule has 258 valence electrons. The summed E-state index contributed by atoms with van der Waals surface area (Å²) in [6.45, 7) is 8.22. The number of nitrogens with zero attached hydrogens (tertiary/aromatic N) is 5. The van der Waals surface area contributed by atoms with Crippen LogP contribution >= 0.6 is 0 Å². The molecule has 0 bridgehead atoms. The second-order valence-electron chi connectivity index (χ2n) is 13.3. The molecule has 3 amide bonds. The summed E-state index contributed by atoms with van der Waals surface area (Å²) in [6.07, 6.45) is 1.09. The van der Waals surface area contributed by atoms with Crippen molar-refractivity contribution in [3.05, 3.63) is 107 Å². The maximum absolute atomic E-state index is 15.2. The van der Waals surface area contributed by atoms with Gasteiger partial charge in [-0.05, 0) is 58.0 Å². The maximum Gasteiger partial charge on any atom is 0.410 e. The first kappa shape index (κ1) is 34.1. The average molecular weight is 683 g/mol. The lowest BCUT2D eigenvalue weighted by molar-refractivity contribution is 0.0275. The minimum atomic E-state index is -3.23. The molecule has 0 saturated carbocycles. The fraction of sp³-hybridized carbons (Fsp3) is 0.324. The highest BCUT2D eigenvalue weighted by Crippen LogP contribution is 2.37. The summed E-state index contributed by atoms with van der Waals surface area (Å²) in [7, 11) is 0. The number of fused-ring (bicyclic) bond motifs is 1. The van der Waals surface area contributed by atoms with Crippen LogP contribution in [0.3, 0.4) is 0 Å². The molecule has 3 heterocycles. The molecular weight excluding hydrogens is 646 g/mol. The molecule has 3 aromatic carbocycles. The van der Waals surface area contributed by atoms with Crippen LogP contribution in [0.15, 0.2) is 79.0 Å². The lowest BCUT2D eigenvalue weighted by Crippen LogP contribution is -2.47. The van der Waals surface area contributed by atoms with Gasteiger partial charge in [-0.15, -0.1) is 0 Å². The first-order valence-corrected chi connectivity index (χ1v) is 16.2. The number of hydrogen-bond acceptors (Lipinski definition) is 7. The molecule has 0 spiro atoms. The number of carbonyl (C=O) groups excluding carboxylic acids is 3. The van der Waals surface area contributed by atoms with Gasteiger partial charge < -0.3 is 24.6 Å². The van der Waals surface area contributed by atoms with Crippen molar-refractivity contribution in [1.82, 2.24) is 14.7 Å². The Bertz CT molecular complexity index is 1970. The van der Waals surface area contributed by atoms with Gasteiger partial charge in [0.2, 0.25) is 0 Å². The Morgan fingerprint density at radius 2 is 1.70 bits per heavy atom. The molecule has 1 N–H and O–H groups in total. The van der Waals surface area contributed by atoms with E-state index in [0.717, 1.165) is 0 Å². The largest absolute Gasteiger partial charge is 0.487 e. The Balaban J connectivity index is 1.15. The van der Waals surface area contributed by atoms with E-state index in [2.05, 4.69) is 16.5 Å². The van der Waals surface area contributed by atoms with E-state index < -0.39 is 29.4 Å². The van der Waals surface area contributed by atoms with E-state index in [-0.39, 0.29) is 46.6 Å². The van der Waals surface area contributed by atoms with Crippen molar-refractivity contribution >= 4 is 29.3 Å². The molecule has 11 nitrogen and oxygen atoms in total. The van der Waals surface area contributed by atoms with Crippen LogP contribution in [-0.4, -0.2) is 63.4 Å². The number of nitriles is 1. The first-order valence-electron chi connectivity index (χ1n) is 16.2. The molecule has 6 rings (SSSR count). The summed E-state index contributed by atoms with van der Waals surface area (Å²) < 4.78 is 43.3. The normalized spacial score (nSPS) is 17.6. The Kier molecular flexibility index (Phi) is 9.05. The zero-order valence-corrected chi connectivity index (χ0v) is 28.0. The molecule has 2 aliphatic rings. The van der Waals surface area contributed by atoms with Crippen LogP contribution in [0.1, 0.15) is 71.7 Å². The number of hydrogen-bond donors (Lipinski definition) is 1. The highest BCUT2D eigenvalue weighted by molar-refractivity contribution is 6.15. The van der Waals surface area contributed by atoms with Crippen LogP contribution in [0.25, 0.3) is 0 Å². The molecule has 1 aromatic heterocycles. The summed E-state index contributed by atoms with van der Waals surface area (Å²) in [6, 6.07) is 19.3. The quantitative estimate of drug-likeness (QED) is 0.233. The zero-order chi connectivity index (χ0) is 35.8. The van der Waals surface area contributed by atoms with E-state index in [4.69, 9.17) is 9.47 Å². The highest BCUT2D eigenvalue weighted by atomic mass is 19.3. The van der Waals surface area contributed by atoms with Gasteiger partial charge in [0.25, 0.3) is 17.7 Å². The minimum absolute atomic E-state index is 0.0196. The number of rotatable bonds is 7. The number of halogens is 2. The highest BCUT2D eigenvalue weighted by Gasteiger charge is 2.38. The van der Waals surface area contributed by atoms with Gasteiger partial charge in [0.1, 0.15) is 29.2 Å². The monoisotopic (exact) mass is 682 g/mol. The SMILES string of the molecule is C[C@H]1Cn2ncc(C(=O)Nc3ccc(OC4CCN(C(=O)OC(C)(C)C)C4)c(C#N)c3)c2C(=O)N1c1ccc(C(F)(F)c2ccccc2)cc1. The number of aromatic nitrogens is 2. The maximum atomic E-state index is 15.2. The van der Waals surface area contributed by atoms with E-state index in [1.807, 2.05) is 6.92 Å². The van der Waals surface area contributed by atoms with Gasteiger partial charge in [0.05, 0.1) is 36.5 Å². The number of nitrogens with one attached hydrogen (secondary N) is 1. The van der Waals surface area contributed by atoms with E-state index >= 15 is 8.78 Å². The van der Waals surface area contributed by atoms with Crippen LogP contribution in [0, 0.1) is 11.3 Å². The predicted molar refractivity (Wildman–Crippen MR) is 180 cm³/mol. The number of carbonyl (C=O) groups is 3. The fourth-order valence-corrected chi connectivity index (χ4v) is 6.07. The molecule has 0 radical (unpaired) electrons. The minimum Gasteiger partial charge on any atom is -0.487 e. The van der Waals surface area contributed by atoms with Crippen molar-refractivity contribution in [3.8, 4) is 11.8 Å². The summed E-state index contributed by atoms with van der Waals surface area (Å²) >= 11 is 0. The number of amides is 3. The number of ether oxygens (including phenoxy) is 2. The third-order valence-corrected chi connectivity index (χ3v) is 8.48. The summed E-state index contributed by atoms with van der Waals surface area (Å²) in [5.74, 6) is -4.05. The number of benzene rings is 3. The van der Waals surface area contributed by atoms with E-state index in [1.54, 1.807) is 56.0 Å². The van der Waals surface area contributed by atoms with E-state index in [1.165, 1.54) is 58.2 Å². The van der Waals surface area contributed by atoms with Gasteiger partial charge in [0.15, 0.2) is 0 Å². The van der Waals surface area contributed by atoms with Gasteiger partial charge in [0, 0.05) is 35.5 Å². The van der Waals surface area contributed by atoms with Crippen molar-refractivity contribution < 1.29 is 32.6 Å². The van der Waals surface area contributed by atoms with Crippen LogP contribution in [0.5, 0.6) is 5.75 Å². The van der Waals surface area contributed by atoms with Gasteiger partial charge in [-0.1, -0.05) is 42.5 Å². The molecule has 1 saturated heterocycles. The van der Waals surface area contributed by atoms with Crippen LogP contribution in [0.2, 0.25) is 0 Å². The summed E-state index contributed by atoms with van der Waals surface area (Å²) in [5.41, 5.74) is -0.0320. The molecule has 0 aliphatic carbocycles. The zero-order valence-electron chi connectivity index (χ0n) is 28.0. The van der Waals surface area contributed by atoms with Crippen LogP contribution in [0.4, 0.5) is 25.0 Å². The molecule has 4 aromatic rings. The van der Waals surface area contributed by atoms with Gasteiger partial charge >= 0.3 is 6.09 Å². The van der Waals surface area contributed by atoms with E-state index in [0.29, 0.717) is 36.6 Å². The van der Waals surface area contributed by atoms with Crippen molar-refractivity contribution in [2.24, 2.45) is 0 Å². The van der Waals surface area contributed by atoms with Gasteiger partial charge in [-0.2, -0.15) is 19.1 Å². The average Bonchev–Trinajstić information content (AvgIpc) is 3.73. The molecule has 50 heavy (non-hydrogen) atoms. The van der Waals surface area contributed by atoms with Gasteiger partial charge in [-0.3, -0.25) is 14.3 Å².